The molecule has 0 spiro atoms. The first-order chi connectivity index (χ1) is 13.7. The standard InChI is InChI=1S/C24H42N2O3/c1-14(4-9-22(29)26-25)18-7-8-19-17-6-5-15-12-16(27)10-11-23(15,2)20(17)13-21(28)24(18,19)3/h14-21,27-28H,4-13,25H2,1-3H3,(H,26,29)/t14-,15+,16-,17+,18-,19+,20+,21+,23+,24-/m1/s1. The van der Waals surface area contributed by atoms with Gasteiger partial charge in [0.25, 0.3) is 0 Å². The van der Waals surface area contributed by atoms with Gasteiger partial charge in [0.05, 0.1) is 12.2 Å². The molecule has 4 aliphatic carbocycles. The fourth-order valence-electron chi connectivity index (χ4n) is 8.79. The zero-order valence-electron chi connectivity index (χ0n) is 18.6. The van der Waals surface area contributed by atoms with Gasteiger partial charge in [0.15, 0.2) is 0 Å². The maximum atomic E-state index is 11.6. The Hall–Kier alpha value is -0.650. The lowest BCUT2D eigenvalue weighted by Gasteiger charge is -2.62. The highest BCUT2D eigenvalue weighted by Gasteiger charge is 2.63. The molecule has 166 valence electrons. The summed E-state index contributed by atoms with van der Waals surface area (Å²) in [5, 5.41) is 21.7. The molecular weight excluding hydrogens is 364 g/mol. The Labute approximate surface area is 176 Å². The van der Waals surface area contributed by atoms with Crippen LogP contribution in [0.25, 0.3) is 0 Å². The minimum atomic E-state index is -0.255. The van der Waals surface area contributed by atoms with Crippen molar-refractivity contribution in [3.63, 3.8) is 0 Å². The average Bonchev–Trinajstić information content (AvgIpc) is 3.06. The van der Waals surface area contributed by atoms with Gasteiger partial charge in [-0.1, -0.05) is 20.8 Å². The van der Waals surface area contributed by atoms with Gasteiger partial charge in [-0.3, -0.25) is 10.2 Å². The fourth-order valence-corrected chi connectivity index (χ4v) is 8.79. The van der Waals surface area contributed by atoms with Crippen molar-refractivity contribution in [2.45, 2.75) is 97.2 Å². The zero-order chi connectivity index (χ0) is 21.0. The number of hydrogen-bond donors (Lipinski definition) is 4. The molecule has 0 aromatic heterocycles. The highest BCUT2D eigenvalue weighted by atomic mass is 16.3. The van der Waals surface area contributed by atoms with Gasteiger partial charge in [0, 0.05) is 6.42 Å². The van der Waals surface area contributed by atoms with E-state index in [1.165, 1.54) is 25.7 Å². The van der Waals surface area contributed by atoms with Gasteiger partial charge < -0.3 is 10.2 Å². The highest BCUT2D eigenvalue weighted by molar-refractivity contribution is 5.75. The fraction of sp³-hybridized carbons (Fsp3) is 0.958. The molecule has 4 fully saturated rings. The van der Waals surface area contributed by atoms with Crippen molar-refractivity contribution in [1.29, 1.82) is 0 Å². The number of hydrazine groups is 1. The number of carbonyl (C=O) groups excluding carboxylic acids is 1. The van der Waals surface area contributed by atoms with E-state index in [-0.39, 0.29) is 28.9 Å². The van der Waals surface area contributed by atoms with Crippen LogP contribution in [0.5, 0.6) is 0 Å². The summed E-state index contributed by atoms with van der Waals surface area (Å²) in [5.41, 5.74) is 2.50. The number of nitrogens with two attached hydrogens (primary N) is 1. The molecule has 29 heavy (non-hydrogen) atoms. The smallest absolute Gasteiger partial charge is 0.233 e. The Kier molecular flexibility index (Phi) is 5.80. The Balaban J connectivity index is 1.53. The number of aliphatic hydroxyl groups is 2. The number of nitrogens with one attached hydrogen (secondary N) is 1. The van der Waals surface area contributed by atoms with Crippen LogP contribution in [-0.2, 0) is 4.79 Å². The number of rotatable bonds is 4. The molecule has 0 heterocycles. The first-order valence-corrected chi connectivity index (χ1v) is 12.1. The molecule has 1 amide bonds. The van der Waals surface area contributed by atoms with Crippen LogP contribution in [0, 0.1) is 46.3 Å². The summed E-state index contributed by atoms with van der Waals surface area (Å²) in [5.74, 6) is 8.59. The second-order valence-electron chi connectivity index (χ2n) is 11.5. The molecule has 4 saturated carbocycles. The van der Waals surface area contributed by atoms with E-state index in [0.29, 0.717) is 41.9 Å². The van der Waals surface area contributed by atoms with Crippen LogP contribution in [0.2, 0.25) is 0 Å². The molecule has 0 aliphatic heterocycles. The molecule has 0 aromatic rings. The van der Waals surface area contributed by atoms with Gasteiger partial charge in [-0.15, -0.1) is 0 Å². The maximum Gasteiger partial charge on any atom is 0.233 e. The van der Waals surface area contributed by atoms with E-state index in [0.717, 1.165) is 32.1 Å². The van der Waals surface area contributed by atoms with Crippen LogP contribution in [0.15, 0.2) is 0 Å². The van der Waals surface area contributed by atoms with Crippen LogP contribution in [0.4, 0.5) is 0 Å². The van der Waals surface area contributed by atoms with Crippen LogP contribution in [-0.4, -0.2) is 28.3 Å². The summed E-state index contributed by atoms with van der Waals surface area (Å²) < 4.78 is 0. The van der Waals surface area contributed by atoms with E-state index in [1.807, 2.05) is 0 Å². The van der Waals surface area contributed by atoms with Gasteiger partial charge in [-0.2, -0.15) is 0 Å². The van der Waals surface area contributed by atoms with Crippen molar-refractivity contribution in [2.24, 2.45) is 52.2 Å². The molecule has 10 atom stereocenters. The Morgan fingerprint density at radius 3 is 2.59 bits per heavy atom. The zero-order valence-corrected chi connectivity index (χ0v) is 18.6. The molecule has 4 aliphatic rings. The number of hydrogen-bond acceptors (Lipinski definition) is 4. The Morgan fingerprint density at radius 2 is 1.86 bits per heavy atom. The molecule has 0 aromatic carbocycles. The lowest BCUT2D eigenvalue weighted by atomic mass is 9.43. The summed E-state index contributed by atoms with van der Waals surface area (Å²) in [7, 11) is 0. The summed E-state index contributed by atoms with van der Waals surface area (Å²) in [6.07, 6.45) is 9.76. The van der Waals surface area contributed by atoms with E-state index in [4.69, 9.17) is 5.84 Å². The van der Waals surface area contributed by atoms with Crippen molar-refractivity contribution in [3.05, 3.63) is 0 Å². The van der Waals surface area contributed by atoms with Crippen LogP contribution < -0.4 is 11.3 Å². The number of amides is 1. The normalized spacial score (nSPS) is 50.2. The summed E-state index contributed by atoms with van der Waals surface area (Å²) in [6.45, 7) is 7.09. The van der Waals surface area contributed by atoms with Gasteiger partial charge >= 0.3 is 0 Å². The number of aliphatic hydroxyl groups excluding tert-OH is 2. The number of carbonyl (C=O) groups is 1. The third-order valence-corrected chi connectivity index (χ3v) is 10.5. The maximum absolute atomic E-state index is 11.6. The van der Waals surface area contributed by atoms with E-state index < -0.39 is 0 Å². The van der Waals surface area contributed by atoms with Crippen LogP contribution >= 0.6 is 0 Å². The lowest BCUT2D eigenvalue weighted by Crippen LogP contribution is -2.58. The third-order valence-electron chi connectivity index (χ3n) is 10.5. The van der Waals surface area contributed by atoms with Crippen molar-refractivity contribution in [1.82, 2.24) is 5.43 Å². The summed E-state index contributed by atoms with van der Waals surface area (Å²) in [4.78, 5) is 11.6. The quantitative estimate of drug-likeness (QED) is 0.327. The predicted octanol–water partition coefficient (Wildman–Crippen LogP) is 3.38. The highest BCUT2D eigenvalue weighted by Crippen LogP contribution is 2.68. The summed E-state index contributed by atoms with van der Waals surface area (Å²) in [6, 6.07) is 0. The second-order valence-corrected chi connectivity index (χ2v) is 11.5. The second kappa shape index (κ2) is 7.80. The average molecular weight is 407 g/mol. The van der Waals surface area contributed by atoms with Gasteiger partial charge in [-0.05, 0) is 104 Å². The topological polar surface area (TPSA) is 95.6 Å². The minimum absolute atomic E-state index is 0.0306. The van der Waals surface area contributed by atoms with E-state index >= 15 is 0 Å². The van der Waals surface area contributed by atoms with Crippen LogP contribution in [0.3, 0.4) is 0 Å². The first kappa shape index (κ1) is 21.6. The van der Waals surface area contributed by atoms with E-state index in [1.54, 1.807) is 0 Å². The molecule has 5 nitrogen and oxygen atoms in total. The largest absolute Gasteiger partial charge is 0.393 e. The molecule has 0 unspecified atom stereocenters. The van der Waals surface area contributed by atoms with Crippen molar-refractivity contribution in [2.75, 3.05) is 0 Å². The number of fused-ring (bicyclic) bond motifs is 5. The Morgan fingerprint density at radius 1 is 1.10 bits per heavy atom. The molecule has 5 N–H and O–H groups in total. The van der Waals surface area contributed by atoms with E-state index in [9.17, 15) is 15.0 Å². The minimum Gasteiger partial charge on any atom is -0.393 e. The monoisotopic (exact) mass is 406 g/mol. The van der Waals surface area contributed by atoms with E-state index in [2.05, 4.69) is 26.2 Å². The summed E-state index contributed by atoms with van der Waals surface area (Å²) >= 11 is 0. The molecule has 0 radical (unpaired) electrons. The molecule has 4 rings (SSSR count). The first-order valence-electron chi connectivity index (χ1n) is 12.1. The SMILES string of the molecule is C[C@H](CCC(=O)NN)[C@H]1CC[C@H]2[C@@H]3CC[C@H]4C[C@H](O)CC[C@]4(C)[C@H]3C[C@H](O)[C@]12C. The van der Waals surface area contributed by atoms with Crippen molar-refractivity contribution in [3.8, 4) is 0 Å². The van der Waals surface area contributed by atoms with Crippen molar-refractivity contribution < 1.29 is 15.0 Å². The predicted molar refractivity (Wildman–Crippen MR) is 113 cm³/mol. The van der Waals surface area contributed by atoms with Gasteiger partial charge in [-0.25, -0.2) is 5.84 Å². The molecule has 5 heteroatoms. The van der Waals surface area contributed by atoms with Crippen LogP contribution in [0.1, 0.15) is 85.0 Å². The van der Waals surface area contributed by atoms with Gasteiger partial charge in [0.2, 0.25) is 5.91 Å². The third kappa shape index (κ3) is 3.36. The lowest BCUT2D eigenvalue weighted by molar-refractivity contribution is -0.174. The van der Waals surface area contributed by atoms with Gasteiger partial charge in [0.1, 0.15) is 0 Å². The van der Waals surface area contributed by atoms with Crippen molar-refractivity contribution >= 4 is 5.91 Å². The molecule has 0 saturated heterocycles. The Bertz CT molecular complexity index is 627. The molecule has 0 bridgehead atoms. The molecular formula is C24H42N2O3.